The minimum Gasteiger partial charge on any atom is -0.369 e. The van der Waals surface area contributed by atoms with Crippen molar-refractivity contribution in [3.63, 3.8) is 0 Å². The first-order chi connectivity index (χ1) is 9.85. The monoisotopic (exact) mass is 304 g/mol. The Morgan fingerprint density at radius 2 is 1.81 bits per heavy atom. The number of hydrogen-bond donors (Lipinski definition) is 2. The van der Waals surface area contributed by atoms with E-state index in [4.69, 9.17) is 5.73 Å². The van der Waals surface area contributed by atoms with E-state index < -0.39 is 15.9 Å². The van der Waals surface area contributed by atoms with Crippen molar-refractivity contribution in [1.29, 1.82) is 0 Å². The van der Waals surface area contributed by atoms with Crippen molar-refractivity contribution >= 4 is 21.6 Å². The van der Waals surface area contributed by atoms with E-state index in [2.05, 4.69) is 4.72 Å². The van der Waals surface area contributed by atoms with Gasteiger partial charge in [-0.3, -0.25) is 9.52 Å². The summed E-state index contributed by atoms with van der Waals surface area (Å²) in [4.78, 5) is 11.0. The van der Waals surface area contributed by atoms with E-state index in [9.17, 15) is 13.2 Å². The van der Waals surface area contributed by atoms with Crippen LogP contribution in [0, 0.1) is 0 Å². The van der Waals surface area contributed by atoms with Gasteiger partial charge in [-0.25, -0.2) is 8.42 Å². The smallest absolute Gasteiger partial charge is 0.229 e. The number of primary amides is 1. The van der Waals surface area contributed by atoms with Gasteiger partial charge in [0.05, 0.1) is 18.4 Å². The van der Waals surface area contributed by atoms with Gasteiger partial charge in [0.15, 0.2) is 0 Å². The first kappa shape index (κ1) is 15.1. The lowest BCUT2D eigenvalue weighted by atomic mass is 10.0. The van der Waals surface area contributed by atoms with Gasteiger partial charge in [0.2, 0.25) is 15.9 Å². The lowest BCUT2D eigenvalue weighted by Gasteiger charge is -2.12. The zero-order valence-electron chi connectivity index (χ0n) is 11.5. The Balaban J connectivity index is 2.51. The average molecular weight is 304 g/mol. The average Bonchev–Trinajstić information content (AvgIpc) is 2.37. The molecule has 0 atom stereocenters. The highest BCUT2D eigenvalue weighted by Gasteiger charge is 2.11. The number of rotatable bonds is 5. The maximum absolute atomic E-state index is 11.5. The van der Waals surface area contributed by atoms with Crippen molar-refractivity contribution in [3.05, 3.63) is 54.1 Å². The predicted molar refractivity (Wildman–Crippen MR) is 83.2 cm³/mol. The minimum atomic E-state index is -3.42. The first-order valence-corrected chi connectivity index (χ1v) is 8.19. The molecule has 0 radical (unpaired) electrons. The van der Waals surface area contributed by atoms with Gasteiger partial charge in [-0.1, -0.05) is 42.5 Å². The molecule has 2 aromatic carbocycles. The summed E-state index contributed by atoms with van der Waals surface area (Å²) in [5, 5.41) is 0. The number of carbonyl (C=O) groups is 1. The molecule has 1 amide bonds. The molecule has 0 unspecified atom stereocenters. The lowest BCUT2D eigenvalue weighted by Crippen LogP contribution is -2.15. The Morgan fingerprint density at radius 3 is 2.38 bits per heavy atom. The number of sulfonamides is 1. The Kier molecular flexibility index (Phi) is 4.28. The number of carbonyl (C=O) groups excluding carboxylic acids is 1. The lowest BCUT2D eigenvalue weighted by molar-refractivity contribution is -0.117. The molecule has 0 aliphatic carbocycles. The molecule has 21 heavy (non-hydrogen) atoms. The summed E-state index contributed by atoms with van der Waals surface area (Å²) in [6.45, 7) is 0. The molecule has 0 heterocycles. The van der Waals surface area contributed by atoms with Gasteiger partial charge < -0.3 is 5.73 Å². The fourth-order valence-electron chi connectivity index (χ4n) is 2.06. The second-order valence-corrected chi connectivity index (χ2v) is 6.51. The summed E-state index contributed by atoms with van der Waals surface area (Å²) < 4.78 is 25.5. The molecule has 3 N–H and O–H groups in total. The third-order valence-corrected chi connectivity index (χ3v) is 3.43. The highest BCUT2D eigenvalue weighted by atomic mass is 32.2. The van der Waals surface area contributed by atoms with Gasteiger partial charge in [-0.15, -0.1) is 0 Å². The van der Waals surface area contributed by atoms with Crippen LogP contribution in [0.15, 0.2) is 48.5 Å². The fraction of sp³-hybridized carbons (Fsp3) is 0.133. The highest BCUT2D eigenvalue weighted by molar-refractivity contribution is 7.92. The second kappa shape index (κ2) is 5.97. The molecule has 0 fully saturated rings. The van der Waals surface area contributed by atoms with E-state index in [0.717, 1.165) is 17.4 Å². The number of nitrogens with two attached hydrogens (primary N) is 1. The van der Waals surface area contributed by atoms with E-state index in [1.54, 1.807) is 18.2 Å². The third-order valence-electron chi connectivity index (χ3n) is 2.84. The van der Waals surface area contributed by atoms with Crippen molar-refractivity contribution in [3.8, 4) is 11.1 Å². The van der Waals surface area contributed by atoms with Crippen molar-refractivity contribution in [2.45, 2.75) is 6.42 Å². The molecule has 0 aliphatic rings. The number of nitrogens with one attached hydrogen (secondary N) is 1. The highest BCUT2D eigenvalue weighted by Crippen LogP contribution is 2.29. The molecule has 0 spiro atoms. The largest absolute Gasteiger partial charge is 0.369 e. The molecule has 110 valence electrons. The van der Waals surface area contributed by atoms with Gasteiger partial charge in [-0.2, -0.15) is 0 Å². The van der Waals surface area contributed by atoms with E-state index >= 15 is 0 Å². The van der Waals surface area contributed by atoms with Crippen LogP contribution in [0.1, 0.15) is 5.56 Å². The topological polar surface area (TPSA) is 89.3 Å². The van der Waals surface area contributed by atoms with Crippen LogP contribution in [-0.4, -0.2) is 20.6 Å². The normalized spacial score (nSPS) is 11.1. The van der Waals surface area contributed by atoms with Crippen molar-refractivity contribution in [1.82, 2.24) is 0 Å². The zero-order chi connectivity index (χ0) is 15.5. The molecule has 2 rings (SSSR count). The zero-order valence-corrected chi connectivity index (χ0v) is 12.4. The van der Waals surface area contributed by atoms with Crippen LogP contribution in [0.3, 0.4) is 0 Å². The quantitative estimate of drug-likeness (QED) is 0.882. The van der Waals surface area contributed by atoms with E-state index in [0.29, 0.717) is 11.3 Å². The van der Waals surface area contributed by atoms with Crippen LogP contribution < -0.4 is 10.5 Å². The molecule has 0 saturated carbocycles. The van der Waals surface area contributed by atoms with Gasteiger partial charge >= 0.3 is 0 Å². The van der Waals surface area contributed by atoms with E-state index in [1.807, 2.05) is 30.3 Å². The summed E-state index contributed by atoms with van der Waals surface area (Å²) in [7, 11) is -3.42. The van der Waals surface area contributed by atoms with Gasteiger partial charge in [0, 0.05) is 5.56 Å². The Morgan fingerprint density at radius 1 is 1.14 bits per heavy atom. The SMILES string of the molecule is CS(=O)(=O)Nc1cc(CC(N)=O)ccc1-c1ccccc1. The second-order valence-electron chi connectivity index (χ2n) is 4.76. The Bertz CT molecular complexity index is 756. The molecular weight excluding hydrogens is 288 g/mol. The molecule has 0 bridgehead atoms. The van der Waals surface area contributed by atoms with Gasteiger partial charge in [0.1, 0.15) is 0 Å². The summed E-state index contributed by atoms with van der Waals surface area (Å²) in [6.07, 6.45) is 1.15. The third kappa shape index (κ3) is 4.32. The number of amides is 1. The molecule has 5 nitrogen and oxygen atoms in total. The van der Waals surface area contributed by atoms with Gasteiger partial charge in [0.25, 0.3) is 0 Å². The van der Waals surface area contributed by atoms with Crippen LogP contribution in [0.4, 0.5) is 5.69 Å². The van der Waals surface area contributed by atoms with E-state index in [1.165, 1.54) is 0 Å². The van der Waals surface area contributed by atoms with E-state index in [-0.39, 0.29) is 6.42 Å². The van der Waals surface area contributed by atoms with Crippen LogP contribution in [0.5, 0.6) is 0 Å². The molecule has 2 aromatic rings. The molecule has 0 saturated heterocycles. The van der Waals surface area contributed by atoms with Crippen LogP contribution >= 0.6 is 0 Å². The van der Waals surface area contributed by atoms with Crippen LogP contribution in [-0.2, 0) is 21.2 Å². The number of benzene rings is 2. The number of hydrogen-bond acceptors (Lipinski definition) is 3. The maximum Gasteiger partial charge on any atom is 0.229 e. The summed E-state index contributed by atoms with van der Waals surface area (Å²) in [5.74, 6) is -0.465. The molecule has 6 heteroatoms. The minimum absolute atomic E-state index is 0.0630. The predicted octanol–water partition coefficient (Wildman–Crippen LogP) is 1.75. The van der Waals surface area contributed by atoms with Crippen molar-refractivity contribution in [2.24, 2.45) is 5.73 Å². The summed E-state index contributed by atoms with van der Waals surface area (Å²) in [6, 6.07) is 14.6. The van der Waals surface area contributed by atoms with Crippen molar-refractivity contribution in [2.75, 3.05) is 11.0 Å². The summed E-state index contributed by atoms with van der Waals surface area (Å²) >= 11 is 0. The fourth-order valence-corrected chi connectivity index (χ4v) is 2.62. The van der Waals surface area contributed by atoms with Crippen LogP contribution in [0.2, 0.25) is 0 Å². The van der Waals surface area contributed by atoms with Crippen LogP contribution in [0.25, 0.3) is 11.1 Å². The van der Waals surface area contributed by atoms with Gasteiger partial charge in [-0.05, 0) is 17.2 Å². The molecular formula is C15H16N2O3S. The first-order valence-electron chi connectivity index (χ1n) is 6.29. The molecule has 0 aromatic heterocycles. The Hall–Kier alpha value is -2.34. The Labute approximate surface area is 123 Å². The standard InChI is InChI=1S/C15H16N2O3S/c1-21(19,20)17-14-9-11(10-15(16)18)7-8-13(14)12-5-3-2-4-6-12/h2-9,17H,10H2,1H3,(H2,16,18). The summed E-state index contributed by atoms with van der Waals surface area (Å²) in [5.41, 5.74) is 7.89. The maximum atomic E-state index is 11.5. The van der Waals surface area contributed by atoms with Crippen molar-refractivity contribution < 1.29 is 13.2 Å². The molecule has 0 aliphatic heterocycles. The number of anilines is 1.